The van der Waals surface area contributed by atoms with E-state index in [1.54, 1.807) is 5.57 Å². The van der Waals surface area contributed by atoms with E-state index >= 15 is 0 Å². The zero-order valence-corrected chi connectivity index (χ0v) is 15.4. The van der Waals surface area contributed by atoms with E-state index < -0.39 is 11.9 Å². The number of allylic oxidation sites excluding steroid dienone is 4. The molecule has 1 N–H and O–H groups in total. The van der Waals surface area contributed by atoms with Crippen LogP contribution in [0.3, 0.4) is 0 Å². The summed E-state index contributed by atoms with van der Waals surface area (Å²) in [5.74, 6) is 0.192. The van der Waals surface area contributed by atoms with Gasteiger partial charge in [0, 0.05) is 5.41 Å². The molecule has 3 heteroatoms. The van der Waals surface area contributed by atoms with Crippen LogP contribution in [0, 0.1) is 40.4 Å². The monoisotopic (exact) mass is 342 g/mol. The molecule has 0 amide bonds. The molecule has 4 rings (SSSR count). The smallest absolute Gasteiger partial charge is 0.314 e. The van der Waals surface area contributed by atoms with Gasteiger partial charge in [0.15, 0.2) is 0 Å². The van der Waals surface area contributed by atoms with Crippen molar-refractivity contribution in [3.8, 4) is 0 Å². The van der Waals surface area contributed by atoms with Crippen molar-refractivity contribution in [2.24, 2.45) is 40.4 Å². The van der Waals surface area contributed by atoms with E-state index in [4.69, 9.17) is 0 Å². The first-order chi connectivity index (χ1) is 11.9. The van der Waals surface area contributed by atoms with Gasteiger partial charge in [0.2, 0.25) is 0 Å². The summed E-state index contributed by atoms with van der Waals surface area (Å²) in [7, 11) is 0. The average molecular weight is 342 g/mol. The minimum atomic E-state index is -0.931. The highest BCUT2D eigenvalue weighted by atomic mass is 16.4. The van der Waals surface area contributed by atoms with Crippen LogP contribution < -0.4 is 0 Å². The van der Waals surface area contributed by atoms with E-state index in [0.717, 1.165) is 32.1 Å². The van der Waals surface area contributed by atoms with Gasteiger partial charge in [-0.05, 0) is 74.0 Å². The molecule has 0 aromatic rings. The highest BCUT2D eigenvalue weighted by molar-refractivity contribution is 5.86. The summed E-state index contributed by atoms with van der Waals surface area (Å²) in [5, 5.41) is 9.52. The number of rotatable bonds is 3. The van der Waals surface area contributed by atoms with Gasteiger partial charge in [0.1, 0.15) is 12.2 Å². The fourth-order valence-corrected chi connectivity index (χ4v) is 7.30. The zero-order chi connectivity index (χ0) is 17.8. The Morgan fingerprint density at radius 3 is 2.76 bits per heavy atom. The molecule has 0 saturated heterocycles. The third-order valence-electron chi connectivity index (χ3n) is 8.55. The molecule has 0 heterocycles. The number of carboxylic acid groups (broad SMARTS) is 1. The van der Waals surface area contributed by atoms with Gasteiger partial charge in [-0.3, -0.25) is 4.79 Å². The van der Waals surface area contributed by atoms with Gasteiger partial charge in [0.05, 0.1) is 0 Å². The molecule has 4 aliphatic carbocycles. The molecule has 3 fully saturated rings. The van der Waals surface area contributed by atoms with Gasteiger partial charge in [-0.15, -0.1) is 0 Å². The molecule has 3 saturated carbocycles. The van der Waals surface area contributed by atoms with E-state index in [1.807, 2.05) is 0 Å². The van der Waals surface area contributed by atoms with Crippen LogP contribution in [0.1, 0.15) is 58.8 Å². The number of hydrogen-bond acceptors (Lipinski definition) is 2. The standard InChI is InChI=1S/C22H30O3/c1-21-11-4-3-5-14(21)6-7-15-17-8-9-18(16(13-23)20(24)25)22(17,2)12-10-19(15)21/h4-5,11,13,15-19H,3,6-10,12H2,1-2H3,(H,24,25)/t15-,16?,17-,18+,19-,21-,22-/m0/s1. The number of hydrogen-bond donors (Lipinski definition) is 1. The van der Waals surface area contributed by atoms with E-state index in [2.05, 4.69) is 32.1 Å². The minimum Gasteiger partial charge on any atom is -0.481 e. The minimum absolute atomic E-state index is 0.0140. The van der Waals surface area contributed by atoms with Crippen molar-refractivity contribution in [1.29, 1.82) is 0 Å². The molecule has 0 radical (unpaired) electrons. The number of carbonyl (C=O) groups excluding carboxylic acids is 1. The molecular formula is C22H30O3. The van der Waals surface area contributed by atoms with Gasteiger partial charge < -0.3 is 9.90 Å². The molecule has 4 aliphatic rings. The van der Waals surface area contributed by atoms with Crippen molar-refractivity contribution in [3.05, 3.63) is 23.8 Å². The normalized spacial score (nSPS) is 46.4. The summed E-state index contributed by atoms with van der Waals surface area (Å²) in [5.41, 5.74) is 1.85. The largest absolute Gasteiger partial charge is 0.481 e. The topological polar surface area (TPSA) is 54.4 Å². The molecule has 0 aromatic carbocycles. The van der Waals surface area contributed by atoms with Gasteiger partial charge in [0.25, 0.3) is 0 Å². The number of carboxylic acids is 1. The van der Waals surface area contributed by atoms with E-state index in [9.17, 15) is 14.7 Å². The number of aldehydes is 1. The summed E-state index contributed by atoms with van der Waals surface area (Å²) >= 11 is 0. The molecule has 0 spiro atoms. The number of aliphatic carboxylic acids is 1. The van der Waals surface area contributed by atoms with Crippen molar-refractivity contribution in [1.82, 2.24) is 0 Å². The van der Waals surface area contributed by atoms with E-state index in [0.29, 0.717) is 24.0 Å². The van der Waals surface area contributed by atoms with Crippen LogP contribution >= 0.6 is 0 Å². The van der Waals surface area contributed by atoms with Crippen LogP contribution in [0.25, 0.3) is 0 Å². The summed E-state index contributed by atoms with van der Waals surface area (Å²) in [4.78, 5) is 23.1. The Balaban J connectivity index is 1.65. The summed E-state index contributed by atoms with van der Waals surface area (Å²) < 4.78 is 0. The maximum Gasteiger partial charge on any atom is 0.314 e. The fraction of sp³-hybridized carbons (Fsp3) is 0.727. The van der Waals surface area contributed by atoms with Crippen LogP contribution in [0.5, 0.6) is 0 Å². The van der Waals surface area contributed by atoms with Crippen molar-refractivity contribution in [2.75, 3.05) is 0 Å². The van der Waals surface area contributed by atoms with Gasteiger partial charge in [-0.1, -0.05) is 37.6 Å². The number of fused-ring (bicyclic) bond motifs is 5. The highest BCUT2D eigenvalue weighted by Crippen LogP contribution is 2.66. The van der Waals surface area contributed by atoms with Crippen molar-refractivity contribution in [3.63, 3.8) is 0 Å². The first kappa shape index (κ1) is 17.1. The van der Waals surface area contributed by atoms with Gasteiger partial charge in [-0.25, -0.2) is 0 Å². The quantitative estimate of drug-likeness (QED) is 0.462. The summed E-state index contributed by atoms with van der Waals surface area (Å²) in [6, 6.07) is 0. The van der Waals surface area contributed by atoms with Crippen LogP contribution in [0.15, 0.2) is 23.8 Å². The Morgan fingerprint density at radius 2 is 2.04 bits per heavy atom. The third kappa shape index (κ3) is 2.30. The maximum absolute atomic E-state index is 11.6. The Morgan fingerprint density at radius 1 is 1.24 bits per heavy atom. The lowest BCUT2D eigenvalue weighted by Crippen LogP contribution is -2.50. The second kappa shape index (κ2) is 5.82. The average Bonchev–Trinajstić information content (AvgIpc) is 2.92. The van der Waals surface area contributed by atoms with Crippen LogP contribution in [0.4, 0.5) is 0 Å². The fourth-order valence-electron chi connectivity index (χ4n) is 7.30. The van der Waals surface area contributed by atoms with Crippen molar-refractivity contribution >= 4 is 12.3 Å². The van der Waals surface area contributed by atoms with E-state index in [1.165, 1.54) is 12.8 Å². The highest BCUT2D eigenvalue weighted by Gasteiger charge is 2.60. The molecule has 25 heavy (non-hydrogen) atoms. The third-order valence-corrected chi connectivity index (χ3v) is 8.55. The van der Waals surface area contributed by atoms with Crippen molar-refractivity contribution < 1.29 is 14.7 Å². The van der Waals surface area contributed by atoms with Crippen LogP contribution in [0.2, 0.25) is 0 Å². The van der Waals surface area contributed by atoms with Crippen molar-refractivity contribution in [2.45, 2.75) is 58.8 Å². The first-order valence-electron chi connectivity index (χ1n) is 9.97. The maximum atomic E-state index is 11.6. The molecule has 0 bridgehead atoms. The molecule has 1 unspecified atom stereocenters. The molecule has 7 atom stereocenters. The SMILES string of the molecule is C[C@]12CC[C@H]3[C@@H](CCC4=CCC=C[C@@]43C)[C@@H]1CC[C@@H]2C(C=O)C(=O)O. The Bertz CT molecular complexity index is 648. The predicted molar refractivity (Wildman–Crippen MR) is 96.9 cm³/mol. The summed E-state index contributed by atoms with van der Waals surface area (Å²) in [6.45, 7) is 4.71. The molecule has 0 aliphatic heterocycles. The first-order valence-corrected chi connectivity index (χ1v) is 9.97. The lowest BCUT2D eigenvalue weighted by Gasteiger charge is -2.57. The zero-order valence-electron chi connectivity index (χ0n) is 15.4. The number of carbonyl (C=O) groups is 2. The predicted octanol–water partition coefficient (Wildman–Crippen LogP) is 4.63. The Kier molecular flexibility index (Phi) is 3.97. The van der Waals surface area contributed by atoms with E-state index in [-0.39, 0.29) is 16.7 Å². The van der Waals surface area contributed by atoms with Crippen LogP contribution in [-0.4, -0.2) is 17.4 Å². The van der Waals surface area contributed by atoms with Gasteiger partial charge >= 0.3 is 5.97 Å². The molecule has 136 valence electrons. The molecular weight excluding hydrogens is 312 g/mol. The lowest BCUT2D eigenvalue weighted by atomic mass is 9.47. The molecule has 3 nitrogen and oxygen atoms in total. The Hall–Kier alpha value is -1.38. The summed E-state index contributed by atoms with van der Waals surface area (Å²) in [6.07, 6.45) is 15.6. The second-order valence-electron chi connectivity index (χ2n) is 9.29. The Labute approximate surface area is 150 Å². The molecule has 0 aromatic heterocycles. The second-order valence-corrected chi connectivity index (χ2v) is 9.29. The lowest BCUT2D eigenvalue weighted by molar-refractivity contribution is -0.149. The van der Waals surface area contributed by atoms with Gasteiger partial charge in [-0.2, -0.15) is 0 Å². The van der Waals surface area contributed by atoms with Crippen LogP contribution in [-0.2, 0) is 9.59 Å².